The van der Waals surface area contributed by atoms with Gasteiger partial charge in [-0.1, -0.05) is 13.0 Å². The molecule has 0 aromatic carbocycles. The summed E-state index contributed by atoms with van der Waals surface area (Å²) in [5.74, 6) is -0.934. The second-order valence-electron chi connectivity index (χ2n) is 3.84. The Morgan fingerprint density at radius 2 is 2.37 bits per heavy atom. The minimum absolute atomic E-state index is 0.249. The molecule has 0 spiro atoms. The number of amides is 1. The Morgan fingerprint density at radius 3 is 3.00 bits per heavy atom. The summed E-state index contributed by atoms with van der Waals surface area (Å²) in [5.41, 5.74) is -0.972. The van der Waals surface area contributed by atoms with Gasteiger partial charge in [0.2, 0.25) is 5.75 Å². The third-order valence-electron chi connectivity index (χ3n) is 2.40. The molecule has 0 bridgehead atoms. The van der Waals surface area contributed by atoms with E-state index in [1.165, 1.54) is 11.3 Å². The van der Waals surface area contributed by atoms with Crippen LogP contribution >= 0.6 is 11.3 Å². The predicted octanol–water partition coefficient (Wildman–Crippen LogP) is 1.34. The highest BCUT2D eigenvalue weighted by atomic mass is 32.1. The summed E-state index contributed by atoms with van der Waals surface area (Å²) in [7, 11) is 0. The van der Waals surface area contributed by atoms with Crippen molar-refractivity contribution in [2.75, 3.05) is 6.54 Å². The van der Waals surface area contributed by atoms with Crippen molar-refractivity contribution >= 4 is 17.2 Å². The van der Waals surface area contributed by atoms with Gasteiger partial charge in [-0.3, -0.25) is 9.59 Å². The molecule has 0 aliphatic rings. The zero-order chi connectivity index (χ0) is 13.8. The van der Waals surface area contributed by atoms with Crippen LogP contribution in [0.1, 0.15) is 23.8 Å². The molecule has 1 amide bonds. The van der Waals surface area contributed by atoms with Gasteiger partial charge in [-0.2, -0.15) is 0 Å². The summed E-state index contributed by atoms with van der Waals surface area (Å²) in [6, 6.07) is 3.58. The van der Waals surface area contributed by atoms with Crippen LogP contribution in [-0.4, -0.2) is 27.5 Å². The third-order valence-corrected chi connectivity index (χ3v) is 3.28. The lowest BCUT2D eigenvalue weighted by Gasteiger charge is -2.06. The van der Waals surface area contributed by atoms with Crippen LogP contribution in [0.3, 0.4) is 0 Å². The van der Waals surface area contributed by atoms with Crippen molar-refractivity contribution in [3.05, 3.63) is 33.6 Å². The van der Waals surface area contributed by atoms with Gasteiger partial charge in [-0.05, 0) is 17.9 Å². The summed E-state index contributed by atoms with van der Waals surface area (Å²) < 4.78 is 0. The molecule has 2 aromatic rings. The van der Waals surface area contributed by atoms with Crippen molar-refractivity contribution in [1.29, 1.82) is 0 Å². The number of H-pyrrole nitrogens is 1. The lowest BCUT2D eigenvalue weighted by atomic mass is 10.3. The Balaban J connectivity index is 2.43. The minimum atomic E-state index is -0.722. The number of aromatic hydroxyl groups is 1. The van der Waals surface area contributed by atoms with Gasteiger partial charge in [0, 0.05) is 6.54 Å². The molecule has 2 aromatic heterocycles. The summed E-state index contributed by atoms with van der Waals surface area (Å²) in [5, 5.41) is 14.0. The Hall–Kier alpha value is -2.15. The standard InChI is InChI=1S/C12H13N3O3S/c1-2-5-13-11(17)8-9(16)12(18)15-10(14-8)7-4-3-6-19-7/h3-4,6,16H,2,5H2,1H3,(H,13,17)(H,14,15,18). The van der Waals surface area contributed by atoms with Crippen LogP contribution in [0.25, 0.3) is 10.7 Å². The van der Waals surface area contributed by atoms with Gasteiger partial charge in [0.25, 0.3) is 11.5 Å². The van der Waals surface area contributed by atoms with E-state index in [-0.39, 0.29) is 11.5 Å². The van der Waals surface area contributed by atoms with E-state index in [4.69, 9.17) is 0 Å². The van der Waals surface area contributed by atoms with Crippen LogP contribution in [0.4, 0.5) is 0 Å². The maximum atomic E-state index is 11.8. The maximum absolute atomic E-state index is 11.8. The molecule has 3 N–H and O–H groups in total. The van der Waals surface area contributed by atoms with Gasteiger partial charge in [-0.15, -0.1) is 11.3 Å². The smallest absolute Gasteiger partial charge is 0.294 e. The molecular formula is C12H13N3O3S. The number of rotatable bonds is 4. The molecule has 2 heterocycles. The average molecular weight is 279 g/mol. The fourth-order valence-electron chi connectivity index (χ4n) is 1.48. The highest BCUT2D eigenvalue weighted by Gasteiger charge is 2.18. The van der Waals surface area contributed by atoms with Crippen LogP contribution in [0.5, 0.6) is 5.75 Å². The van der Waals surface area contributed by atoms with Gasteiger partial charge in [0.05, 0.1) is 4.88 Å². The first-order valence-electron chi connectivity index (χ1n) is 5.78. The largest absolute Gasteiger partial charge is 0.501 e. The zero-order valence-corrected chi connectivity index (χ0v) is 11.1. The molecule has 19 heavy (non-hydrogen) atoms. The molecule has 6 nitrogen and oxygen atoms in total. The normalized spacial score (nSPS) is 10.4. The average Bonchev–Trinajstić information content (AvgIpc) is 2.93. The number of aromatic amines is 1. The number of thiophene rings is 1. The molecule has 0 aliphatic heterocycles. The SMILES string of the molecule is CCCNC(=O)c1nc(-c2cccs2)[nH]c(=O)c1O. The highest BCUT2D eigenvalue weighted by Crippen LogP contribution is 2.21. The Morgan fingerprint density at radius 1 is 1.58 bits per heavy atom. The van der Waals surface area contributed by atoms with E-state index >= 15 is 0 Å². The van der Waals surface area contributed by atoms with Crippen molar-refractivity contribution in [1.82, 2.24) is 15.3 Å². The van der Waals surface area contributed by atoms with E-state index in [1.807, 2.05) is 18.4 Å². The molecule has 0 saturated heterocycles. The summed E-state index contributed by atoms with van der Waals surface area (Å²) in [6.45, 7) is 2.36. The number of hydrogen-bond acceptors (Lipinski definition) is 5. The molecule has 0 fully saturated rings. The first kappa shape index (κ1) is 13.3. The lowest BCUT2D eigenvalue weighted by molar-refractivity contribution is 0.0945. The maximum Gasteiger partial charge on any atom is 0.294 e. The quantitative estimate of drug-likeness (QED) is 0.787. The van der Waals surface area contributed by atoms with E-state index in [9.17, 15) is 14.7 Å². The fraction of sp³-hybridized carbons (Fsp3) is 0.250. The highest BCUT2D eigenvalue weighted by molar-refractivity contribution is 7.13. The number of hydrogen-bond donors (Lipinski definition) is 3. The number of carbonyl (C=O) groups is 1. The second kappa shape index (κ2) is 5.66. The fourth-order valence-corrected chi connectivity index (χ4v) is 2.15. The molecule has 2 rings (SSSR count). The lowest BCUT2D eigenvalue weighted by Crippen LogP contribution is -2.27. The van der Waals surface area contributed by atoms with Crippen LogP contribution in [0.2, 0.25) is 0 Å². The second-order valence-corrected chi connectivity index (χ2v) is 4.79. The Kier molecular flexibility index (Phi) is 3.96. The predicted molar refractivity (Wildman–Crippen MR) is 72.5 cm³/mol. The van der Waals surface area contributed by atoms with Crippen LogP contribution in [0, 0.1) is 0 Å². The summed E-state index contributed by atoms with van der Waals surface area (Å²) in [4.78, 5) is 30.6. The van der Waals surface area contributed by atoms with E-state index in [0.29, 0.717) is 6.54 Å². The van der Waals surface area contributed by atoms with Crippen molar-refractivity contribution in [2.24, 2.45) is 0 Å². The van der Waals surface area contributed by atoms with E-state index in [1.54, 1.807) is 6.07 Å². The topological polar surface area (TPSA) is 95.1 Å². The minimum Gasteiger partial charge on any atom is -0.501 e. The summed E-state index contributed by atoms with van der Waals surface area (Å²) >= 11 is 1.38. The van der Waals surface area contributed by atoms with Crippen molar-refractivity contribution in [3.8, 4) is 16.5 Å². The first-order chi connectivity index (χ1) is 9.13. The zero-order valence-electron chi connectivity index (χ0n) is 10.3. The van der Waals surface area contributed by atoms with Crippen molar-refractivity contribution < 1.29 is 9.90 Å². The van der Waals surface area contributed by atoms with Gasteiger partial charge in [0.1, 0.15) is 0 Å². The molecule has 0 aliphatic carbocycles. The van der Waals surface area contributed by atoms with Crippen LogP contribution in [-0.2, 0) is 0 Å². The van der Waals surface area contributed by atoms with Gasteiger partial charge < -0.3 is 15.4 Å². The number of carbonyl (C=O) groups excluding carboxylic acids is 1. The van der Waals surface area contributed by atoms with Gasteiger partial charge >= 0.3 is 0 Å². The van der Waals surface area contributed by atoms with Gasteiger partial charge in [-0.25, -0.2) is 4.98 Å². The summed E-state index contributed by atoms with van der Waals surface area (Å²) in [6.07, 6.45) is 0.757. The number of aromatic nitrogens is 2. The van der Waals surface area contributed by atoms with Crippen LogP contribution < -0.4 is 10.9 Å². The van der Waals surface area contributed by atoms with Gasteiger partial charge in [0.15, 0.2) is 11.5 Å². The van der Waals surface area contributed by atoms with E-state index in [2.05, 4.69) is 15.3 Å². The Bertz CT molecular complexity index is 634. The molecule has 0 unspecified atom stereocenters. The monoisotopic (exact) mass is 279 g/mol. The van der Waals surface area contributed by atoms with E-state index in [0.717, 1.165) is 11.3 Å². The third kappa shape index (κ3) is 2.82. The Labute approximate surface area is 113 Å². The number of nitrogens with zero attached hydrogens (tertiary/aromatic N) is 1. The molecule has 100 valence electrons. The van der Waals surface area contributed by atoms with Crippen molar-refractivity contribution in [2.45, 2.75) is 13.3 Å². The van der Waals surface area contributed by atoms with Crippen molar-refractivity contribution in [3.63, 3.8) is 0 Å². The molecule has 0 saturated carbocycles. The van der Waals surface area contributed by atoms with E-state index < -0.39 is 17.2 Å². The van der Waals surface area contributed by atoms with Crippen LogP contribution in [0.15, 0.2) is 22.3 Å². The number of nitrogens with one attached hydrogen (secondary N) is 2. The molecule has 7 heteroatoms. The first-order valence-corrected chi connectivity index (χ1v) is 6.66. The molecular weight excluding hydrogens is 266 g/mol. The molecule has 0 radical (unpaired) electrons. The molecule has 0 atom stereocenters.